The minimum Gasteiger partial charge on any atom is -0.497 e. The minimum atomic E-state index is -0.298. The first-order valence-corrected chi connectivity index (χ1v) is 8.76. The zero-order chi connectivity index (χ0) is 18.8. The Morgan fingerprint density at radius 1 is 1.07 bits per heavy atom. The molecule has 0 bridgehead atoms. The van der Waals surface area contributed by atoms with E-state index in [2.05, 4.69) is 5.10 Å². The number of para-hydroxylation sites is 1. The highest BCUT2D eigenvalue weighted by Crippen LogP contribution is 2.27. The van der Waals surface area contributed by atoms with E-state index in [1.165, 1.54) is 10.7 Å². The fourth-order valence-electron chi connectivity index (χ4n) is 3.29. The number of methoxy groups -OCH3 is 1. The van der Waals surface area contributed by atoms with Crippen LogP contribution in [0.5, 0.6) is 5.75 Å². The van der Waals surface area contributed by atoms with Gasteiger partial charge in [-0.05, 0) is 48.4 Å². The SMILES string of the molecule is COc1ccc(-c2ccc(=O)n(CC(=O)N3CCc4ccccc43)n2)cc1. The molecule has 27 heavy (non-hydrogen) atoms. The second-order valence-electron chi connectivity index (χ2n) is 6.37. The molecule has 1 aliphatic heterocycles. The Labute approximate surface area is 156 Å². The smallest absolute Gasteiger partial charge is 0.267 e. The predicted molar refractivity (Wildman–Crippen MR) is 103 cm³/mol. The largest absolute Gasteiger partial charge is 0.497 e. The second-order valence-corrected chi connectivity index (χ2v) is 6.37. The molecule has 0 atom stereocenters. The molecule has 0 fully saturated rings. The number of rotatable bonds is 4. The molecule has 1 amide bonds. The summed E-state index contributed by atoms with van der Waals surface area (Å²) in [7, 11) is 1.61. The molecule has 6 nitrogen and oxygen atoms in total. The fraction of sp³-hybridized carbons (Fsp3) is 0.190. The van der Waals surface area contributed by atoms with Gasteiger partial charge in [0.15, 0.2) is 0 Å². The highest BCUT2D eigenvalue weighted by Gasteiger charge is 2.24. The number of carbonyl (C=O) groups is 1. The van der Waals surface area contributed by atoms with Crippen LogP contribution in [0.3, 0.4) is 0 Å². The number of amides is 1. The van der Waals surface area contributed by atoms with Gasteiger partial charge in [0, 0.05) is 23.9 Å². The Balaban J connectivity index is 1.59. The maximum Gasteiger partial charge on any atom is 0.267 e. The van der Waals surface area contributed by atoms with Crippen LogP contribution in [-0.4, -0.2) is 29.3 Å². The van der Waals surface area contributed by atoms with Crippen LogP contribution in [-0.2, 0) is 17.8 Å². The molecule has 1 aliphatic rings. The van der Waals surface area contributed by atoms with Crippen LogP contribution in [0.2, 0.25) is 0 Å². The number of anilines is 1. The summed E-state index contributed by atoms with van der Waals surface area (Å²) in [6, 6.07) is 18.4. The van der Waals surface area contributed by atoms with Gasteiger partial charge < -0.3 is 9.64 Å². The first-order chi connectivity index (χ1) is 13.2. The van der Waals surface area contributed by atoms with Gasteiger partial charge in [0.05, 0.1) is 12.8 Å². The van der Waals surface area contributed by atoms with Crippen molar-refractivity contribution in [3.63, 3.8) is 0 Å². The minimum absolute atomic E-state index is 0.0861. The molecule has 0 unspecified atom stereocenters. The van der Waals surface area contributed by atoms with E-state index in [4.69, 9.17) is 4.74 Å². The highest BCUT2D eigenvalue weighted by atomic mass is 16.5. The Bertz CT molecular complexity index is 1040. The van der Waals surface area contributed by atoms with Gasteiger partial charge in [0.1, 0.15) is 12.3 Å². The van der Waals surface area contributed by atoms with E-state index in [1.54, 1.807) is 18.1 Å². The number of hydrogen-bond acceptors (Lipinski definition) is 4. The first kappa shape index (κ1) is 17.0. The zero-order valence-electron chi connectivity index (χ0n) is 15.0. The van der Waals surface area contributed by atoms with Crippen molar-refractivity contribution in [3.05, 3.63) is 76.6 Å². The highest BCUT2D eigenvalue weighted by molar-refractivity contribution is 5.95. The van der Waals surface area contributed by atoms with Crippen LogP contribution in [0.1, 0.15) is 5.56 Å². The van der Waals surface area contributed by atoms with Gasteiger partial charge in [0.25, 0.3) is 5.56 Å². The molecular formula is C21H19N3O3. The summed E-state index contributed by atoms with van der Waals surface area (Å²) in [6.45, 7) is 0.544. The topological polar surface area (TPSA) is 64.4 Å². The molecule has 3 aromatic rings. The number of fused-ring (bicyclic) bond motifs is 1. The van der Waals surface area contributed by atoms with Crippen LogP contribution in [0, 0.1) is 0 Å². The van der Waals surface area contributed by atoms with E-state index < -0.39 is 0 Å². The van der Waals surface area contributed by atoms with Crippen LogP contribution in [0.4, 0.5) is 5.69 Å². The Morgan fingerprint density at radius 2 is 1.85 bits per heavy atom. The molecule has 0 N–H and O–H groups in total. The lowest BCUT2D eigenvalue weighted by Gasteiger charge is -2.17. The van der Waals surface area contributed by atoms with Crippen molar-refractivity contribution < 1.29 is 9.53 Å². The van der Waals surface area contributed by atoms with E-state index in [1.807, 2.05) is 48.5 Å². The summed E-state index contributed by atoms with van der Waals surface area (Å²) in [5.41, 5.74) is 3.25. The van der Waals surface area contributed by atoms with Crippen molar-refractivity contribution in [3.8, 4) is 17.0 Å². The third-order valence-electron chi connectivity index (χ3n) is 4.73. The Hall–Kier alpha value is -3.41. The number of benzene rings is 2. The third kappa shape index (κ3) is 3.33. The standard InChI is InChI=1S/C21H19N3O3/c1-27-17-8-6-15(7-9-17)18-10-11-20(25)24(22-18)14-21(26)23-13-12-16-4-2-3-5-19(16)23/h2-11H,12-14H2,1H3. The number of aromatic nitrogens is 2. The summed E-state index contributed by atoms with van der Waals surface area (Å²) < 4.78 is 6.39. The van der Waals surface area contributed by atoms with Crippen LogP contribution in [0.25, 0.3) is 11.3 Å². The van der Waals surface area contributed by atoms with E-state index in [-0.39, 0.29) is 18.0 Å². The number of hydrogen-bond donors (Lipinski definition) is 0. The van der Waals surface area contributed by atoms with Crippen molar-refractivity contribution in [1.29, 1.82) is 0 Å². The Morgan fingerprint density at radius 3 is 2.63 bits per heavy atom. The number of ether oxygens (including phenoxy) is 1. The van der Waals surface area contributed by atoms with Crippen molar-refractivity contribution in [2.75, 3.05) is 18.6 Å². The van der Waals surface area contributed by atoms with E-state index in [0.29, 0.717) is 12.2 Å². The number of nitrogens with zero attached hydrogens (tertiary/aromatic N) is 3. The normalized spacial score (nSPS) is 12.7. The van der Waals surface area contributed by atoms with Crippen molar-refractivity contribution in [2.24, 2.45) is 0 Å². The molecule has 0 saturated heterocycles. The molecular weight excluding hydrogens is 342 g/mol. The lowest BCUT2D eigenvalue weighted by Crippen LogP contribution is -2.36. The monoisotopic (exact) mass is 361 g/mol. The molecule has 1 aromatic heterocycles. The van der Waals surface area contributed by atoms with Gasteiger partial charge in [-0.2, -0.15) is 5.10 Å². The molecule has 0 radical (unpaired) electrons. The maximum atomic E-state index is 12.8. The maximum absolute atomic E-state index is 12.8. The lowest BCUT2D eigenvalue weighted by atomic mass is 10.1. The summed E-state index contributed by atoms with van der Waals surface area (Å²) in [4.78, 5) is 26.7. The molecule has 0 aliphatic carbocycles. The van der Waals surface area contributed by atoms with Crippen molar-refractivity contribution in [2.45, 2.75) is 13.0 Å². The molecule has 2 aromatic carbocycles. The number of carbonyl (C=O) groups excluding carboxylic acids is 1. The molecule has 6 heteroatoms. The lowest BCUT2D eigenvalue weighted by molar-refractivity contribution is -0.119. The molecule has 0 spiro atoms. The van der Waals surface area contributed by atoms with E-state index >= 15 is 0 Å². The average molecular weight is 361 g/mol. The quantitative estimate of drug-likeness (QED) is 0.716. The first-order valence-electron chi connectivity index (χ1n) is 8.76. The summed E-state index contributed by atoms with van der Waals surface area (Å²) in [6.07, 6.45) is 0.829. The predicted octanol–water partition coefficient (Wildman–Crippen LogP) is 2.51. The van der Waals surface area contributed by atoms with Gasteiger partial charge in [-0.3, -0.25) is 9.59 Å². The molecule has 136 valence electrons. The Kier molecular flexibility index (Phi) is 4.46. The van der Waals surface area contributed by atoms with Gasteiger partial charge in [0.2, 0.25) is 5.91 Å². The molecule has 4 rings (SSSR count). The third-order valence-corrected chi connectivity index (χ3v) is 4.73. The summed E-state index contributed by atoms with van der Waals surface area (Å²) in [5, 5.41) is 4.38. The van der Waals surface area contributed by atoms with Gasteiger partial charge in [-0.25, -0.2) is 4.68 Å². The van der Waals surface area contributed by atoms with Crippen LogP contribution in [0.15, 0.2) is 65.5 Å². The van der Waals surface area contributed by atoms with Crippen LogP contribution < -0.4 is 15.2 Å². The summed E-state index contributed by atoms with van der Waals surface area (Å²) >= 11 is 0. The van der Waals surface area contributed by atoms with Crippen LogP contribution >= 0.6 is 0 Å². The van der Waals surface area contributed by atoms with Gasteiger partial charge in [-0.15, -0.1) is 0 Å². The van der Waals surface area contributed by atoms with Crippen molar-refractivity contribution in [1.82, 2.24) is 9.78 Å². The zero-order valence-corrected chi connectivity index (χ0v) is 15.0. The van der Waals surface area contributed by atoms with E-state index in [9.17, 15) is 9.59 Å². The summed E-state index contributed by atoms with van der Waals surface area (Å²) in [5.74, 6) is 0.608. The van der Waals surface area contributed by atoms with Crippen molar-refractivity contribution >= 4 is 11.6 Å². The molecule has 2 heterocycles. The van der Waals surface area contributed by atoms with Gasteiger partial charge in [-0.1, -0.05) is 18.2 Å². The second kappa shape index (κ2) is 7.07. The van der Waals surface area contributed by atoms with E-state index in [0.717, 1.165) is 29.0 Å². The fourth-order valence-corrected chi connectivity index (χ4v) is 3.29. The molecule has 0 saturated carbocycles. The van der Waals surface area contributed by atoms with Gasteiger partial charge >= 0.3 is 0 Å². The average Bonchev–Trinajstić information content (AvgIpc) is 3.14.